The van der Waals surface area contributed by atoms with Gasteiger partial charge in [-0.25, -0.2) is 9.97 Å². The molecule has 100 valence electrons. The Morgan fingerprint density at radius 3 is 2.42 bits per heavy atom. The largest absolute Gasteiger partial charge is 0.431 e. The van der Waals surface area contributed by atoms with Crippen molar-refractivity contribution >= 4 is 5.91 Å². The number of amides is 1. The monoisotopic (exact) mass is 270 g/mol. The molecule has 2 rings (SSSR count). The van der Waals surface area contributed by atoms with Crippen molar-refractivity contribution in [3.63, 3.8) is 0 Å². The van der Waals surface area contributed by atoms with E-state index in [1.54, 1.807) is 6.07 Å². The van der Waals surface area contributed by atoms with Gasteiger partial charge >= 0.3 is 6.18 Å². The van der Waals surface area contributed by atoms with Gasteiger partial charge in [-0.3, -0.25) is 4.79 Å². The van der Waals surface area contributed by atoms with E-state index in [9.17, 15) is 18.0 Å². The van der Waals surface area contributed by atoms with Gasteiger partial charge in [0.25, 0.3) is 5.91 Å². The maximum atomic E-state index is 12.8. The van der Waals surface area contributed by atoms with Gasteiger partial charge in [0.1, 0.15) is 17.2 Å². The molecule has 5 nitrogen and oxygen atoms in total. The molecule has 2 heterocycles. The van der Waals surface area contributed by atoms with E-state index in [2.05, 4.69) is 9.97 Å². The lowest BCUT2D eigenvalue weighted by molar-refractivity contribution is -0.143. The maximum absolute atomic E-state index is 12.8. The van der Waals surface area contributed by atoms with Crippen LogP contribution in [-0.4, -0.2) is 20.4 Å². The van der Waals surface area contributed by atoms with E-state index in [0.717, 1.165) is 16.7 Å². The first kappa shape index (κ1) is 13.1. The molecule has 0 aromatic carbocycles. The summed E-state index contributed by atoms with van der Waals surface area (Å²) in [4.78, 5) is 18.8. The predicted octanol–water partition coefficient (Wildman–Crippen LogP) is 1.44. The van der Waals surface area contributed by atoms with E-state index < -0.39 is 17.8 Å². The molecule has 0 bridgehead atoms. The average molecular weight is 270 g/mol. The number of carbonyl (C=O) groups excluding carboxylic acids is 1. The second-order valence-corrected chi connectivity index (χ2v) is 3.72. The molecule has 8 heteroatoms. The summed E-state index contributed by atoms with van der Waals surface area (Å²) in [6.45, 7) is -0.277. The number of carbonyl (C=O) groups is 1. The van der Waals surface area contributed by atoms with Crippen molar-refractivity contribution in [1.29, 1.82) is 0 Å². The van der Waals surface area contributed by atoms with Crippen LogP contribution in [0.2, 0.25) is 0 Å². The molecule has 1 amide bonds. The first-order chi connectivity index (χ1) is 8.89. The molecule has 2 N–H and O–H groups in total. The molecule has 19 heavy (non-hydrogen) atoms. The summed E-state index contributed by atoms with van der Waals surface area (Å²) in [5.74, 6) is -0.780. The molecule has 0 saturated carbocycles. The van der Waals surface area contributed by atoms with Crippen molar-refractivity contribution in [3.05, 3.63) is 47.8 Å². The summed E-state index contributed by atoms with van der Waals surface area (Å²) in [5.41, 5.74) is 3.86. The lowest BCUT2D eigenvalue weighted by atomic mass is 10.4. The topological polar surface area (TPSA) is 73.8 Å². The SMILES string of the molecule is NC(=O)c1ccc(C(F)(F)F)n1Cc1ncccn1. The Balaban J connectivity index is 2.47. The van der Waals surface area contributed by atoms with Crippen molar-refractivity contribution in [2.45, 2.75) is 12.7 Å². The highest BCUT2D eigenvalue weighted by Gasteiger charge is 2.35. The third kappa shape index (κ3) is 2.72. The Hall–Kier alpha value is -2.38. The van der Waals surface area contributed by atoms with Gasteiger partial charge in [-0.1, -0.05) is 0 Å². The summed E-state index contributed by atoms with van der Waals surface area (Å²) in [6, 6.07) is 3.38. The van der Waals surface area contributed by atoms with Crippen molar-refractivity contribution in [2.24, 2.45) is 5.73 Å². The normalized spacial score (nSPS) is 11.5. The van der Waals surface area contributed by atoms with Crippen LogP contribution in [0.15, 0.2) is 30.6 Å². The Kier molecular flexibility index (Phi) is 3.24. The fraction of sp³-hybridized carbons (Fsp3) is 0.182. The third-order valence-corrected chi connectivity index (χ3v) is 2.44. The summed E-state index contributed by atoms with van der Waals surface area (Å²) in [6.07, 6.45) is -1.77. The van der Waals surface area contributed by atoms with Crippen LogP contribution in [0.25, 0.3) is 0 Å². The molecular weight excluding hydrogens is 261 g/mol. The zero-order valence-corrected chi connectivity index (χ0v) is 9.55. The Labute approximate surface area is 105 Å². The van der Waals surface area contributed by atoms with Gasteiger partial charge in [0.05, 0.1) is 6.54 Å². The Bertz CT molecular complexity index is 592. The number of alkyl halides is 3. The minimum Gasteiger partial charge on any atom is -0.364 e. The van der Waals surface area contributed by atoms with E-state index in [1.165, 1.54) is 12.4 Å². The molecule has 0 radical (unpaired) electrons. The smallest absolute Gasteiger partial charge is 0.364 e. The van der Waals surface area contributed by atoms with Crippen molar-refractivity contribution in [2.75, 3.05) is 0 Å². The van der Waals surface area contributed by atoms with Crippen LogP contribution in [0.3, 0.4) is 0 Å². The van der Waals surface area contributed by atoms with Gasteiger partial charge in [-0.2, -0.15) is 13.2 Å². The molecule has 0 saturated heterocycles. The lowest BCUT2D eigenvalue weighted by Crippen LogP contribution is -2.22. The summed E-state index contributed by atoms with van der Waals surface area (Å²) in [5, 5.41) is 0. The predicted molar refractivity (Wildman–Crippen MR) is 59.1 cm³/mol. The van der Waals surface area contributed by atoms with E-state index in [4.69, 9.17) is 5.73 Å². The quantitative estimate of drug-likeness (QED) is 0.917. The molecule has 0 aliphatic heterocycles. The minimum atomic E-state index is -4.58. The van der Waals surface area contributed by atoms with E-state index in [1.807, 2.05) is 0 Å². The van der Waals surface area contributed by atoms with Gasteiger partial charge in [0.15, 0.2) is 0 Å². The van der Waals surface area contributed by atoms with Crippen molar-refractivity contribution in [3.8, 4) is 0 Å². The molecular formula is C11H9F3N4O. The standard InChI is InChI=1S/C11H9F3N4O/c12-11(13,14)8-3-2-7(10(15)19)18(8)6-9-16-4-1-5-17-9/h1-5H,6H2,(H2,15,19). The lowest BCUT2D eigenvalue weighted by Gasteiger charge is -2.13. The third-order valence-electron chi connectivity index (χ3n) is 2.44. The minimum absolute atomic E-state index is 0.159. The van der Waals surface area contributed by atoms with Crippen LogP contribution in [0, 0.1) is 0 Å². The molecule has 0 fully saturated rings. The highest BCUT2D eigenvalue weighted by Crippen LogP contribution is 2.31. The first-order valence-corrected chi connectivity index (χ1v) is 5.22. The Morgan fingerprint density at radius 2 is 1.89 bits per heavy atom. The number of nitrogens with zero attached hydrogens (tertiary/aromatic N) is 3. The first-order valence-electron chi connectivity index (χ1n) is 5.22. The van der Waals surface area contributed by atoms with Gasteiger partial charge in [0.2, 0.25) is 0 Å². The number of hydrogen-bond donors (Lipinski definition) is 1. The highest BCUT2D eigenvalue weighted by molar-refractivity contribution is 5.91. The van der Waals surface area contributed by atoms with Crippen molar-refractivity contribution in [1.82, 2.24) is 14.5 Å². The molecule has 2 aromatic heterocycles. The number of rotatable bonds is 3. The number of primary amides is 1. The fourth-order valence-electron chi connectivity index (χ4n) is 1.65. The van der Waals surface area contributed by atoms with E-state index in [-0.39, 0.29) is 18.1 Å². The van der Waals surface area contributed by atoms with Crippen LogP contribution < -0.4 is 5.73 Å². The fourth-order valence-corrected chi connectivity index (χ4v) is 1.65. The van der Waals surface area contributed by atoms with Crippen molar-refractivity contribution < 1.29 is 18.0 Å². The summed E-state index contributed by atoms with van der Waals surface area (Å²) >= 11 is 0. The molecule has 0 atom stereocenters. The van der Waals surface area contributed by atoms with E-state index >= 15 is 0 Å². The van der Waals surface area contributed by atoms with Gasteiger partial charge < -0.3 is 10.3 Å². The molecule has 0 spiro atoms. The maximum Gasteiger partial charge on any atom is 0.431 e. The van der Waals surface area contributed by atoms with Crippen LogP contribution in [0.1, 0.15) is 22.0 Å². The van der Waals surface area contributed by atoms with Gasteiger partial charge in [0, 0.05) is 12.4 Å². The molecule has 0 aliphatic rings. The summed E-state index contributed by atoms with van der Waals surface area (Å²) < 4.78 is 39.2. The molecule has 0 unspecified atom stereocenters. The van der Waals surface area contributed by atoms with Crippen LogP contribution in [-0.2, 0) is 12.7 Å². The summed E-state index contributed by atoms with van der Waals surface area (Å²) in [7, 11) is 0. The highest BCUT2D eigenvalue weighted by atomic mass is 19.4. The number of aromatic nitrogens is 3. The Morgan fingerprint density at radius 1 is 1.26 bits per heavy atom. The zero-order chi connectivity index (χ0) is 14.0. The molecule has 2 aromatic rings. The van der Waals surface area contributed by atoms with Crippen LogP contribution >= 0.6 is 0 Å². The number of halogens is 3. The van der Waals surface area contributed by atoms with Gasteiger partial charge in [-0.15, -0.1) is 0 Å². The zero-order valence-electron chi connectivity index (χ0n) is 9.55. The van der Waals surface area contributed by atoms with Gasteiger partial charge in [-0.05, 0) is 18.2 Å². The van der Waals surface area contributed by atoms with Crippen LogP contribution in [0.5, 0.6) is 0 Å². The number of hydrogen-bond acceptors (Lipinski definition) is 3. The van der Waals surface area contributed by atoms with E-state index in [0.29, 0.717) is 0 Å². The second kappa shape index (κ2) is 4.71. The number of nitrogens with two attached hydrogens (primary N) is 1. The average Bonchev–Trinajstić information content (AvgIpc) is 2.74. The van der Waals surface area contributed by atoms with Crippen LogP contribution in [0.4, 0.5) is 13.2 Å². The molecule has 0 aliphatic carbocycles. The second-order valence-electron chi connectivity index (χ2n) is 3.72.